The minimum absolute atomic E-state index is 0.268. The Kier molecular flexibility index (Phi) is 4.84. The molecule has 0 aliphatic carbocycles. The molecule has 39 heavy (non-hydrogen) atoms. The van der Waals surface area contributed by atoms with Crippen LogP contribution in [0.3, 0.4) is 0 Å². The molecule has 192 valence electrons. The van der Waals surface area contributed by atoms with Gasteiger partial charge in [-0.15, -0.1) is 0 Å². The van der Waals surface area contributed by atoms with Crippen LogP contribution < -0.4 is 4.90 Å². The lowest BCUT2D eigenvalue weighted by atomic mass is 9.99. The van der Waals surface area contributed by atoms with E-state index in [0.29, 0.717) is 29.0 Å². The van der Waals surface area contributed by atoms with Crippen LogP contribution in [0.4, 0.5) is 10.1 Å². The zero-order valence-corrected chi connectivity index (χ0v) is 21.3. The van der Waals surface area contributed by atoms with Crippen molar-refractivity contribution >= 4 is 22.2 Å². The molecule has 2 bridgehead atoms. The lowest BCUT2D eigenvalue weighted by molar-refractivity contribution is 0.292. The third-order valence-electron chi connectivity index (χ3n) is 8.30. The van der Waals surface area contributed by atoms with E-state index < -0.39 is 0 Å². The maximum absolute atomic E-state index is 15.8. The Morgan fingerprint density at radius 1 is 0.949 bits per heavy atom. The van der Waals surface area contributed by atoms with Crippen LogP contribution in [0, 0.1) is 5.82 Å². The van der Waals surface area contributed by atoms with E-state index in [1.807, 2.05) is 54.7 Å². The van der Waals surface area contributed by atoms with Crippen molar-refractivity contribution in [3.8, 4) is 33.6 Å². The first-order chi connectivity index (χ1) is 19.2. The fourth-order valence-corrected chi connectivity index (χ4v) is 6.37. The number of nitrogens with one attached hydrogen (secondary N) is 1. The third kappa shape index (κ3) is 3.39. The molecule has 0 amide bonds. The summed E-state index contributed by atoms with van der Waals surface area (Å²) in [7, 11) is 2.17. The van der Waals surface area contributed by atoms with Gasteiger partial charge in [0.25, 0.3) is 0 Å². The number of hydrogen-bond acceptors (Lipinski definition) is 6. The first kappa shape index (κ1) is 22.4. The van der Waals surface area contributed by atoms with Crippen LogP contribution in [-0.4, -0.2) is 66.9 Å². The fraction of sp³-hybridized carbons (Fsp3) is 0.200. The zero-order chi connectivity index (χ0) is 26.1. The molecule has 2 aromatic carbocycles. The molecule has 4 aromatic heterocycles. The summed E-state index contributed by atoms with van der Waals surface area (Å²) < 4.78 is 17.6. The zero-order valence-electron chi connectivity index (χ0n) is 21.3. The molecule has 8 nitrogen and oxygen atoms in total. The van der Waals surface area contributed by atoms with Gasteiger partial charge in [0.1, 0.15) is 11.5 Å². The number of pyridine rings is 1. The number of anilines is 1. The number of H-pyrrole nitrogens is 1. The van der Waals surface area contributed by atoms with Crippen LogP contribution in [0.25, 0.3) is 50.2 Å². The summed E-state index contributed by atoms with van der Waals surface area (Å²) in [5, 5.41) is 13.3. The SMILES string of the molecule is CN1C[C@H]2C[C@@H]1CN2c1ccc(-c2ccnc3c(-c4cccc5[nH]ncc45)c(-c4ccncc4)nn23)c(F)c1. The second-order valence-corrected chi connectivity index (χ2v) is 10.5. The van der Waals surface area contributed by atoms with E-state index in [1.165, 1.54) is 0 Å². The first-order valence-corrected chi connectivity index (χ1v) is 13.1. The molecule has 2 saturated heterocycles. The van der Waals surface area contributed by atoms with Crippen molar-refractivity contribution in [2.75, 3.05) is 25.0 Å². The van der Waals surface area contributed by atoms with E-state index in [1.54, 1.807) is 29.2 Å². The molecule has 9 heteroatoms. The molecule has 0 unspecified atom stereocenters. The molecule has 6 heterocycles. The van der Waals surface area contributed by atoms with Crippen molar-refractivity contribution < 1.29 is 4.39 Å². The van der Waals surface area contributed by atoms with Gasteiger partial charge in [0.2, 0.25) is 0 Å². The van der Waals surface area contributed by atoms with E-state index in [4.69, 9.17) is 10.1 Å². The lowest BCUT2D eigenvalue weighted by Crippen LogP contribution is -2.44. The van der Waals surface area contributed by atoms with Crippen molar-refractivity contribution in [2.45, 2.75) is 18.5 Å². The maximum Gasteiger partial charge on any atom is 0.164 e. The predicted octanol–water partition coefficient (Wildman–Crippen LogP) is 5.03. The Balaban J connectivity index is 1.30. The van der Waals surface area contributed by atoms with E-state index >= 15 is 4.39 Å². The number of rotatable bonds is 4. The molecule has 6 aromatic rings. The average Bonchev–Trinajstić information content (AvgIpc) is 3.75. The number of hydrogen-bond donors (Lipinski definition) is 1. The molecule has 8 rings (SSSR count). The number of likely N-dealkylation sites (tertiary alicyclic amines) is 1. The minimum atomic E-state index is -0.268. The summed E-state index contributed by atoms with van der Waals surface area (Å²) in [6, 6.07) is 18.3. The van der Waals surface area contributed by atoms with Crippen molar-refractivity contribution in [1.82, 2.24) is 34.7 Å². The van der Waals surface area contributed by atoms with Gasteiger partial charge in [0.15, 0.2) is 5.65 Å². The molecule has 0 saturated carbocycles. The fourth-order valence-electron chi connectivity index (χ4n) is 6.37. The predicted molar refractivity (Wildman–Crippen MR) is 149 cm³/mol. The lowest BCUT2D eigenvalue weighted by Gasteiger charge is -2.33. The van der Waals surface area contributed by atoms with Gasteiger partial charge in [-0.2, -0.15) is 10.2 Å². The standard InChI is InChI=1S/C30H25FN8/c1-37-16-21-13-20(37)17-38(21)19-5-6-23(25(31)14-19)27-9-12-33-30-28(22-3-2-4-26-24(22)15-34-35-26)29(36-39(27)30)18-7-10-32-11-8-18/h2-12,14-15,20-21H,13,16-17H2,1H3,(H,34,35)/t20-,21-/m1/s1. The summed E-state index contributed by atoms with van der Waals surface area (Å²) in [6.07, 6.45) is 8.18. The van der Waals surface area contributed by atoms with Gasteiger partial charge < -0.3 is 4.90 Å². The van der Waals surface area contributed by atoms with Crippen LogP contribution in [0.2, 0.25) is 0 Å². The highest BCUT2D eigenvalue weighted by atomic mass is 19.1. The van der Waals surface area contributed by atoms with Gasteiger partial charge >= 0.3 is 0 Å². The molecule has 2 atom stereocenters. The third-order valence-corrected chi connectivity index (χ3v) is 8.30. The van der Waals surface area contributed by atoms with Crippen LogP contribution in [-0.2, 0) is 0 Å². The second kappa shape index (κ2) is 8.44. The number of nitrogens with zero attached hydrogens (tertiary/aromatic N) is 7. The largest absolute Gasteiger partial charge is 0.366 e. The van der Waals surface area contributed by atoms with Crippen molar-refractivity contribution in [3.05, 3.63) is 85.2 Å². The van der Waals surface area contributed by atoms with E-state index in [-0.39, 0.29) is 5.82 Å². The highest BCUT2D eigenvalue weighted by Crippen LogP contribution is 2.40. The maximum atomic E-state index is 15.8. The van der Waals surface area contributed by atoms with Crippen molar-refractivity contribution in [2.24, 2.45) is 0 Å². The molecular formula is C30H25FN8. The first-order valence-electron chi connectivity index (χ1n) is 13.1. The molecule has 1 N–H and O–H groups in total. The van der Waals surface area contributed by atoms with Crippen molar-refractivity contribution in [3.63, 3.8) is 0 Å². The second-order valence-electron chi connectivity index (χ2n) is 10.5. The minimum Gasteiger partial charge on any atom is -0.366 e. The highest BCUT2D eigenvalue weighted by Gasteiger charge is 2.41. The number of halogens is 1. The number of aromatic nitrogens is 6. The van der Waals surface area contributed by atoms with Gasteiger partial charge in [-0.3, -0.25) is 15.0 Å². The normalized spacial score (nSPS) is 19.1. The van der Waals surface area contributed by atoms with E-state index in [2.05, 4.69) is 32.0 Å². The van der Waals surface area contributed by atoms with Gasteiger partial charge in [0.05, 0.1) is 23.0 Å². The Labute approximate surface area is 223 Å². The number of fused-ring (bicyclic) bond motifs is 4. The average molecular weight is 517 g/mol. The Morgan fingerprint density at radius 2 is 1.85 bits per heavy atom. The van der Waals surface area contributed by atoms with Crippen LogP contribution in [0.5, 0.6) is 0 Å². The van der Waals surface area contributed by atoms with Gasteiger partial charge in [-0.05, 0) is 61.5 Å². The number of aromatic amines is 1. The van der Waals surface area contributed by atoms with E-state index in [0.717, 1.165) is 58.5 Å². The van der Waals surface area contributed by atoms with Gasteiger partial charge in [-0.1, -0.05) is 12.1 Å². The summed E-state index contributed by atoms with van der Waals surface area (Å²) >= 11 is 0. The van der Waals surface area contributed by atoms with Crippen LogP contribution >= 0.6 is 0 Å². The van der Waals surface area contributed by atoms with Crippen LogP contribution in [0.15, 0.2) is 79.4 Å². The molecule has 2 aliphatic heterocycles. The Bertz CT molecular complexity index is 1860. The summed E-state index contributed by atoms with van der Waals surface area (Å²) in [6.45, 7) is 1.97. The molecular weight excluding hydrogens is 491 g/mol. The summed E-state index contributed by atoms with van der Waals surface area (Å²) in [5.41, 5.74) is 7.12. The van der Waals surface area contributed by atoms with Gasteiger partial charge in [0, 0.05) is 66.0 Å². The molecule has 0 spiro atoms. The molecule has 2 aliphatic rings. The van der Waals surface area contributed by atoms with Crippen molar-refractivity contribution in [1.29, 1.82) is 0 Å². The summed E-state index contributed by atoms with van der Waals surface area (Å²) in [5.74, 6) is -0.268. The monoisotopic (exact) mass is 516 g/mol. The molecule has 0 radical (unpaired) electrons. The topological polar surface area (TPSA) is 78.2 Å². The number of likely N-dealkylation sites (N-methyl/N-ethyl adjacent to an activating group) is 1. The quantitative estimate of drug-likeness (QED) is 0.354. The number of piperazine rings is 1. The molecule has 2 fully saturated rings. The van der Waals surface area contributed by atoms with Gasteiger partial charge in [-0.25, -0.2) is 13.9 Å². The Morgan fingerprint density at radius 3 is 2.64 bits per heavy atom. The smallest absolute Gasteiger partial charge is 0.164 e. The number of benzene rings is 2. The Hall–Kier alpha value is -4.63. The van der Waals surface area contributed by atoms with E-state index in [9.17, 15) is 0 Å². The van der Waals surface area contributed by atoms with Crippen LogP contribution in [0.1, 0.15) is 6.42 Å². The highest BCUT2D eigenvalue weighted by molar-refractivity contribution is 6.02. The summed E-state index contributed by atoms with van der Waals surface area (Å²) in [4.78, 5) is 13.7.